The normalized spacial score (nSPS) is 19.8. The maximum absolute atomic E-state index is 12.4. The van der Waals surface area contributed by atoms with E-state index in [9.17, 15) is 4.79 Å². The van der Waals surface area contributed by atoms with Crippen molar-refractivity contribution in [2.24, 2.45) is 0 Å². The number of fused-ring (bicyclic) bond motifs is 1. The third-order valence-electron chi connectivity index (χ3n) is 5.17. The Bertz CT molecular complexity index is 945. The molecule has 2 unspecified atom stereocenters. The fraction of sp³-hybridized carbons (Fsp3) is 0.391. The van der Waals surface area contributed by atoms with Gasteiger partial charge in [-0.3, -0.25) is 9.69 Å². The number of benzene rings is 2. The number of hydrogen-bond donors (Lipinski definition) is 2. The molecule has 0 saturated carbocycles. The lowest BCUT2D eigenvalue weighted by Gasteiger charge is -2.35. The summed E-state index contributed by atoms with van der Waals surface area (Å²) in [6.07, 6.45) is 0.490. The number of nitrogens with one attached hydrogen (secondary N) is 2. The van der Waals surface area contributed by atoms with Gasteiger partial charge >= 0.3 is 0 Å². The van der Waals surface area contributed by atoms with Crippen LogP contribution >= 0.6 is 11.8 Å². The van der Waals surface area contributed by atoms with E-state index in [1.54, 1.807) is 11.8 Å². The molecule has 2 atom stereocenters. The van der Waals surface area contributed by atoms with Crippen molar-refractivity contribution in [1.82, 2.24) is 20.2 Å². The number of ether oxygens (including phenoxy) is 1. The summed E-state index contributed by atoms with van der Waals surface area (Å²) in [6, 6.07) is 15.8. The van der Waals surface area contributed by atoms with Crippen molar-refractivity contribution < 1.29 is 9.53 Å². The third-order valence-corrected chi connectivity index (χ3v) is 6.11. The highest BCUT2D eigenvalue weighted by molar-refractivity contribution is 7.98. The smallest absolute Gasteiger partial charge is 0.251 e. The molecule has 2 aromatic carbocycles. The molecule has 2 heterocycles. The van der Waals surface area contributed by atoms with Gasteiger partial charge in [-0.05, 0) is 43.7 Å². The van der Waals surface area contributed by atoms with Gasteiger partial charge < -0.3 is 15.0 Å². The SMILES string of the molecule is CC1CN(CCNC(=O)c2ccc(CSc3nc4ccccc4[nH]3)cc2)CC(C)O1. The number of morpholine rings is 1. The Morgan fingerprint density at radius 1 is 1.17 bits per heavy atom. The number of thioether (sulfide) groups is 1. The standard InChI is InChI=1S/C23H28N4O2S/c1-16-13-27(14-17(2)29-16)12-11-24-22(28)19-9-7-18(8-10-19)15-30-23-25-20-5-3-4-6-21(20)26-23/h3-10,16-17H,11-15H2,1-2H3,(H,24,28)(H,25,26). The van der Waals surface area contributed by atoms with Crippen molar-refractivity contribution in [3.05, 3.63) is 59.7 Å². The number of aromatic amines is 1. The predicted molar refractivity (Wildman–Crippen MR) is 121 cm³/mol. The van der Waals surface area contributed by atoms with Gasteiger partial charge in [0.25, 0.3) is 5.91 Å². The first-order valence-electron chi connectivity index (χ1n) is 10.4. The highest BCUT2D eigenvalue weighted by atomic mass is 32.2. The van der Waals surface area contributed by atoms with E-state index in [1.807, 2.05) is 48.5 Å². The van der Waals surface area contributed by atoms with Crippen LogP contribution in [0.4, 0.5) is 0 Å². The number of para-hydroxylation sites is 2. The number of nitrogens with zero attached hydrogens (tertiary/aromatic N) is 2. The highest BCUT2D eigenvalue weighted by Crippen LogP contribution is 2.23. The fourth-order valence-electron chi connectivity index (χ4n) is 3.80. The minimum Gasteiger partial charge on any atom is -0.373 e. The second kappa shape index (κ2) is 9.64. The summed E-state index contributed by atoms with van der Waals surface area (Å²) in [7, 11) is 0. The summed E-state index contributed by atoms with van der Waals surface area (Å²) < 4.78 is 5.75. The summed E-state index contributed by atoms with van der Waals surface area (Å²) in [5.41, 5.74) is 3.88. The Kier molecular flexibility index (Phi) is 6.72. The molecule has 1 aromatic heterocycles. The Labute approximate surface area is 181 Å². The summed E-state index contributed by atoms with van der Waals surface area (Å²) in [4.78, 5) is 22.7. The number of carbonyl (C=O) groups excluding carboxylic acids is 1. The molecule has 0 aliphatic carbocycles. The largest absolute Gasteiger partial charge is 0.373 e. The fourth-order valence-corrected chi connectivity index (χ4v) is 4.64. The van der Waals surface area contributed by atoms with E-state index in [2.05, 4.69) is 34.0 Å². The summed E-state index contributed by atoms with van der Waals surface area (Å²) >= 11 is 1.66. The van der Waals surface area contributed by atoms with E-state index >= 15 is 0 Å². The minimum atomic E-state index is -0.0270. The average molecular weight is 425 g/mol. The number of imidazole rings is 1. The van der Waals surface area contributed by atoms with Crippen LogP contribution in [0.25, 0.3) is 11.0 Å². The zero-order valence-electron chi connectivity index (χ0n) is 17.4. The molecule has 1 saturated heterocycles. The van der Waals surface area contributed by atoms with Gasteiger partial charge in [-0.2, -0.15) is 0 Å². The lowest BCUT2D eigenvalue weighted by atomic mass is 10.1. The van der Waals surface area contributed by atoms with Crippen LogP contribution in [0.1, 0.15) is 29.8 Å². The van der Waals surface area contributed by atoms with Crippen LogP contribution in [0.15, 0.2) is 53.7 Å². The molecule has 1 aliphatic rings. The zero-order chi connectivity index (χ0) is 20.9. The molecule has 1 fully saturated rings. The van der Waals surface area contributed by atoms with Crippen LogP contribution in [0.5, 0.6) is 0 Å². The molecule has 1 aliphatic heterocycles. The van der Waals surface area contributed by atoms with E-state index in [0.29, 0.717) is 12.1 Å². The van der Waals surface area contributed by atoms with Crippen molar-refractivity contribution >= 4 is 28.7 Å². The number of amides is 1. The average Bonchev–Trinajstić information content (AvgIpc) is 3.15. The lowest BCUT2D eigenvalue weighted by molar-refractivity contribution is -0.0672. The van der Waals surface area contributed by atoms with Gasteiger partial charge in [-0.25, -0.2) is 4.98 Å². The van der Waals surface area contributed by atoms with E-state index in [-0.39, 0.29) is 18.1 Å². The van der Waals surface area contributed by atoms with Gasteiger partial charge in [0.15, 0.2) is 5.16 Å². The number of carbonyl (C=O) groups is 1. The predicted octanol–water partition coefficient (Wildman–Crippen LogP) is 3.69. The van der Waals surface area contributed by atoms with Crippen LogP contribution in [0, 0.1) is 0 Å². The van der Waals surface area contributed by atoms with Crippen LogP contribution in [-0.4, -0.2) is 59.2 Å². The molecule has 30 heavy (non-hydrogen) atoms. The van der Waals surface area contributed by atoms with E-state index in [1.165, 1.54) is 0 Å². The second-order valence-electron chi connectivity index (χ2n) is 7.82. The molecule has 7 heteroatoms. The number of hydrogen-bond acceptors (Lipinski definition) is 5. The van der Waals surface area contributed by atoms with Crippen molar-refractivity contribution in [3.63, 3.8) is 0 Å². The second-order valence-corrected chi connectivity index (χ2v) is 8.78. The molecule has 6 nitrogen and oxygen atoms in total. The van der Waals surface area contributed by atoms with Gasteiger partial charge in [0.1, 0.15) is 0 Å². The zero-order valence-corrected chi connectivity index (χ0v) is 18.2. The van der Waals surface area contributed by atoms with Crippen LogP contribution < -0.4 is 5.32 Å². The van der Waals surface area contributed by atoms with Crippen LogP contribution in [-0.2, 0) is 10.5 Å². The summed E-state index contributed by atoms with van der Waals surface area (Å²) in [5.74, 6) is 0.774. The molecule has 0 bridgehead atoms. The van der Waals surface area contributed by atoms with Crippen LogP contribution in [0.2, 0.25) is 0 Å². The van der Waals surface area contributed by atoms with E-state index < -0.39 is 0 Å². The molecule has 2 N–H and O–H groups in total. The molecule has 158 valence electrons. The van der Waals surface area contributed by atoms with Gasteiger partial charge in [0.05, 0.1) is 23.2 Å². The molecular formula is C23H28N4O2S. The molecule has 3 aromatic rings. The van der Waals surface area contributed by atoms with E-state index in [0.717, 1.165) is 47.1 Å². The Morgan fingerprint density at radius 2 is 1.90 bits per heavy atom. The summed E-state index contributed by atoms with van der Waals surface area (Å²) in [5, 5.41) is 3.93. The van der Waals surface area contributed by atoms with Crippen molar-refractivity contribution in [3.8, 4) is 0 Å². The monoisotopic (exact) mass is 424 g/mol. The highest BCUT2D eigenvalue weighted by Gasteiger charge is 2.21. The third kappa shape index (κ3) is 5.41. The van der Waals surface area contributed by atoms with Crippen molar-refractivity contribution in [1.29, 1.82) is 0 Å². The number of aromatic nitrogens is 2. The first kappa shape index (κ1) is 20.9. The maximum atomic E-state index is 12.4. The first-order valence-corrected chi connectivity index (χ1v) is 11.4. The number of H-pyrrole nitrogens is 1. The topological polar surface area (TPSA) is 70.2 Å². The van der Waals surface area contributed by atoms with Gasteiger partial charge in [0, 0.05) is 37.5 Å². The van der Waals surface area contributed by atoms with Gasteiger partial charge in [-0.15, -0.1) is 0 Å². The van der Waals surface area contributed by atoms with Gasteiger partial charge in [-0.1, -0.05) is 36.0 Å². The molecule has 0 spiro atoms. The van der Waals surface area contributed by atoms with Gasteiger partial charge in [0.2, 0.25) is 0 Å². The number of rotatable bonds is 7. The summed E-state index contributed by atoms with van der Waals surface area (Å²) in [6.45, 7) is 7.50. The Hall–Kier alpha value is -2.35. The molecular weight excluding hydrogens is 396 g/mol. The quantitative estimate of drug-likeness (QED) is 0.566. The molecule has 0 radical (unpaired) electrons. The molecule has 4 rings (SSSR count). The maximum Gasteiger partial charge on any atom is 0.251 e. The first-order chi connectivity index (χ1) is 14.6. The van der Waals surface area contributed by atoms with Crippen molar-refractivity contribution in [2.45, 2.75) is 37.0 Å². The molecule has 1 amide bonds. The lowest BCUT2D eigenvalue weighted by Crippen LogP contribution is -2.47. The van der Waals surface area contributed by atoms with E-state index in [4.69, 9.17) is 4.74 Å². The Morgan fingerprint density at radius 3 is 2.63 bits per heavy atom. The van der Waals surface area contributed by atoms with Crippen LogP contribution in [0.3, 0.4) is 0 Å². The Balaban J connectivity index is 1.24. The van der Waals surface area contributed by atoms with Crippen molar-refractivity contribution in [2.75, 3.05) is 26.2 Å². The minimum absolute atomic E-state index is 0.0270.